The van der Waals surface area contributed by atoms with Gasteiger partial charge in [-0.1, -0.05) is 12.1 Å². The molecule has 0 radical (unpaired) electrons. The van der Waals surface area contributed by atoms with Crippen LogP contribution >= 0.6 is 12.4 Å². The van der Waals surface area contributed by atoms with Crippen LogP contribution < -0.4 is 5.32 Å². The van der Waals surface area contributed by atoms with Crippen LogP contribution in [0.5, 0.6) is 0 Å². The Balaban J connectivity index is 0.00000280. The van der Waals surface area contributed by atoms with Crippen molar-refractivity contribution in [3.8, 4) is 0 Å². The third-order valence-electron chi connectivity index (χ3n) is 4.65. The summed E-state index contributed by atoms with van der Waals surface area (Å²) in [6.45, 7) is 4.14. The molecule has 0 bridgehead atoms. The van der Waals surface area contributed by atoms with E-state index in [1.165, 1.54) is 28.6 Å². The first-order chi connectivity index (χ1) is 12.7. The van der Waals surface area contributed by atoms with Crippen LogP contribution in [0.25, 0.3) is 0 Å². The van der Waals surface area contributed by atoms with Gasteiger partial charge in [0.15, 0.2) is 0 Å². The highest BCUT2D eigenvalue weighted by atomic mass is 35.5. The molecule has 0 aromatic heterocycles. The fourth-order valence-corrected chi connectivity index (χ4v) is 5.56. The molecule has 1 fully saturated rings. The number of aryl methyl sites for hydroxylation is 2. The van der Waals surface area contributed by atoms with E-state index in [2.05, 4.69) is 5.32 Å². The summed E-state index contributed by atoms with van der Waals surface area (Å²) in [5, 5.41) is 14.2. The molecule has 1 heterocycles. The van der Waals surface area contributed by atoms with Gasteiger partial charge in [0.05, 0.1) is 15.9 Å². The standard InChI is InChI=1S/C18H20FN3O4S.ClH/c1-12-8-16(22(23)24)9-13(2)18(12)27(25,26)21-7-6-20-11-17(21)14-4-3-5-15(19)10-14;/h3-5,8-10,17,20H,6-7,11H2,1-2H3;1H. The van der Waals surface area contributed by atoms with Gasteiger partial charge in [0.25, 0.3) is 5.69 Å². The molecule has 1 aliphatic heterocycles. The number of nitro groups is 1. The van der Waals surface area contributed by atoms with Gasteiger partial charge in [-0.25, -0.2) is 12.8 Å². The van der Waals surface area contributed by atoms with E-state index in [0.717, 1.165) is 0 Å². The Hall–Kier alpha value is -2.07. The maximum Gasteiger partial charge on any atom is 0.270 e. The summed E-state index contributed by atoms with van der Waals surface area (Å²) < 4.78 is 41.8. The van der Waals surface area contributed by atoms with Gasteiger partial charge >= 0.3 is 0 Å². The van der Waals surface area contributed by atoms with Crippen molar-refractivity contribution in [1.29, 1.82) is 0 Å². The van der Waals surface area contributed by atoms with Crippen molar-refractivity contribution >= 4 is 28.1 Å². The lowest BCUT2D eigenvalue weighted by molar-refractivity contribution is -0.385. The van der Waals surface area contributed by atoms with E-state index < -0.39 is 26.8 Å². The second-order valence-corrected chi connectivity index (χ2v) is 8.38. The fraction of sp³-hybridized carbons (Fsp3) is 0.333. The van der Waals surface area contributed by atoms with Crippen LogP contribution in [0.15, 0.2) is 41.3 Å². The molecule has 1 N–H and O–H groups in total. The van der Waals surface area contributed by atoms with Crippen molar-refractivity contribution in [2.75, 3.05) is 19.6 Å². The van der Waals surface area contributed by atoms with Gasteiger partial charge in [0, 0.05) is 31.8 Å². The van der Waals surface area contributed by atoms with E-state index in [9.17, 15) is 22.9 Å². The SMILES string of the molecule is Cc1cc([N+](=O)[O-])cc(C)c1S(=O)(=O)N1CCNCC1c1cccc(F)c1.Cl. The maximum absolute atomic E-state index is 13.7. The van der Waals surface area contributed by atoms with Crippen molar-refractivity contribution in [2.45, 2.75) is 24.8 Å². The number of nitrogens with one attached hydrogen (secondary N) is 1. The lowest BCUT2D eigenvalue weighted by Gasteiger charge is -2.36. The van der Waals surface area contributed by atoms with Crippen LogP contribution in [-0.2, 0) is 10.0 Å². The largest absolute Gasteiger partial charge is 0.313 e. The summed E-state index contributed by atoms with van der Waals surface area (Å²) in [5.74, 6) is -0.432. The molecule has 1 saturated heterocycles. The molecule has 10 heteroatoms. The van der Waals surface area contributed by atoms with Crippen LogP contribution in [0.3, 0.4) is 0 Å². The molecule has 0 spiro atoms. The molecule has 0 aliphatic carbocycles. The van der Waals surface area contributed by atoms with E-state index >= 15 is 0 Å². The number of hydrogen-bond donors (Lipinski definition) is 1. The van der Waals surface area contributed by atoms with Gasteiger partial charge in [-0.15, -0.1) is 12.4 Å². The number of nitrogens with zero attached hydrogens (tertiary/aromatic N) is 2. The molecule has 3 rings (SSSR count). The van der Waals surface area contributed by atoms with Gasteiger partial charge in [-0.2, -0.15) is 4.31 Å². The van der Waals surface area contributed by atoms with Crippen molar-refractivity contribution in [3.05, 3.63) is 69.0 Å². The number of non-ortho nitro benzene ring substituents is 1. The van der Waals surface area contributed by atoms with E-state index in [1.54, 1.807) is 26.0 Å². The molecule has 28 heavy (non-hydrogen) atoms. The third kappa shape index (κ3) is 4.17. The molecule has 1 unspecified atom stereocenters. The zero-order valence-electron chi connectivity index (χ0n) is 15.4. The molecule has 152 valence electrons. The van der Waals surface area contributed by atoms with Gasteiger partial charge in [-0.3, -0.25) is 10.1 Å². The number of benzene rings is 2. The molecule has 2 aromatic carbocycles. The van der Waals surface area contributed by atoms with Crippen molar-refractivity contribution in [3.63, 3.8) is 0 Å². The topological polar surface area (TPSA) is 92.5 Å². The summed E-state index contributed by atoms with van der Waals surface area (Å²) >= 11 is 0. The monoisotopic (exact) mass is 429 g/mol. The Morgan fingerprint density at radius 3 is 2.43 bits per heavy atom. The number of hydrogen-bond acceptors (Lipinski definition) is 5. The Morgan fingerprint density at radius 2 is 1.86 bits per heavy atom. The molecule has 1 aliphatic rings. The second-order valence-electron chi connectivity index (χ2n) is 6.56. The van der Waals surface area contributed by atoms with Gasteiger partial charge in [0.2, 0.25) is 10.0 Å². The number of sulfonamides is 1. The summed E-state index contributed by atoms with van der Waals surface area (Å²) in [6, 6.07) is 7.84. The fourth-order valence-electron chi connectivity index (χ4n) is 3.53. The minimum absolute atomic E-state index is 0. The van der Waals surface area contributed by atoms with Crippen molar-refractivity contribution in [1.82, 2.24) is 9.62 Å². The third-order valence-corrected chi connectivity index (χ3v) is 6.86. The number of rotatable bonds is 4. The number of piperazine rings is 1. The van der Waals surface area contributed by atoms with Gasteiger partial charge in [0.1, 0.15) is 5.82 Å². The zero-order chi connectivity index (χ0) is 19.8. The minimum Gasteiger partial charge on any atom is -0.313 e. The highest BCUT2D eigenvalue weighted by Crippen LogP contribution is 2.33. The number of halogens is 2. The van der Waals surface area contributed by atoms with Crippen molar-refractivity contribution in [2.24, 2.45) is 0 Å². The zero-order valence-corrected chi connectivity index (χ0v) is 17.0. The Morgan fingerprint density at radius 1 is 1.21 bits per heavy atom. The summed E-state index contributed by atoms with van der Waals surface area (Å²) in [4.78, 5) is 10.6. The van der Waals surface area contributed by atoms with Crippen LogP contribution in [0, 0.1) is 29.8 Å². The highest BCUT2D eigenvalue weighted by Gasteiger charge is 2.36. The van der Waals surface area contributed by atoms with Crippen LogP contribution in [-0.4, -0.2) is 37.3 Å². The summed E-state index contributed by atoms with van der Waals surface area (Å²) in [7, 11) is -3.93. The van der Waals surface area contributed by atoms with Gasteiger partial charge in [-0.05, 0) is 42.7 Å². The van der Waals surface area contributed by atoms with E-state index in [0.29, 0.717) is 29.8 Å². The normalized spacial score (nSPS) is 17.8. The molecular formula is C18H21ClFN3O4S. The first kappa shape index (κ1) is 22.2. The number of nitro benzene ring substituents is 1. The van der Waals surface area contributed by atoms with Crippen LogP contribution in [0.2, 0.25) is 0 Å². The molecule has 1 atom stereocenters. The molecular weight excluding hydrogens is 409 g/mol. The lowest BCUT2D eigenvalue weighted by atomic mass is 10.1. The predicted octanol–water partition coefficient (Wildman–Crippen LogP) is 3.11. The maximum atomic E-state index is 13.7. The molecule has 0 saturated carbocycles. The van der Waals surface area contributed by atoms with Crippen LogP contribution in [0.4, 0.5) is 10.1 Å². The molecule has 7 nitrogen and oxygen atoms in total. The summed E-state index contributed by atoms with van der Waals surface area (Å²) in [5.41, 5.74) is 1.05. The first-order valence-corrected chi connectivity index (χ1v) is 9.89. The molecule has 2 aromatic rings. The van der Waals surface area contributed by atoms with E-state index in [4.69, 9.17) is 0 Å². The first-order valence-electron chi connectivity index (χ1n) is 8.45. The van der Waals surface area contributed by atoms with Crippen molar-refractivity contribution < 1.29 is 17.7 Å². The van der Waals surface area contributed by atoms with E-state index in [1.807, 2.05) is 0 Å². The minimum atomic E-state index is -3.93. The average Bonchev–Trinajstić information content (AvgIpc) is 2.60. The second kappa shape index (κ2) is 8.52. The average molecular weight is 430 g/mol. The Labute approximate surface area is 169 Å². The summed E-state index contributed by atoms with van der Waals surface area (Å²) in [6.07, 6.45) is 0. The predicted molar refractivity (Wildman–Crippen MR) is 106 cm³/mol. The van der Waals surface area contributed by atoms with Gasteiger partial charge < -0.3 is 5.32 Å². The smallest absolute Gasteiger partial charge is 0.270 e. The molecule has 0 amide bonds. The highest BCUT2D eigenvalue weighted by molar-refractivity contribution is 7.89. The Kier molecular flexibility index (Phi) is 6.76. The van der Waals surface area contributed by atoms with E-state index in [-0.39, 0.29) is 29.5 Å². The Bertz CT molecular complexity index is 977. The lowest BCUT2D eigenvalue weighted by Crippen LogP contribution is -2.48. The quantitative estimate of drug-likeness (QED) is 0.595. The van der Waals surface area contributed by atoms with Crippen LogP contribution in [0.1, 0.15) is 22.7 Å².